The lowest BCUT2D eigenvalue weighted by Gasteiger charge is -2.35. The summed E-state index contributed by atoms with van der Waals surface area (Å²) < 4.78 is 29.8. The van der Waals surface area contributed by atoms with Gasteiger partial charge in [0.1, 0.15) is 12.6 Å². The fourth-order valence-corrected chi connectivity index (χ4v) is 6.48. The molecule has 0 bridgehead atoms. The number of hydrogen-bond acceptors (Lipinski definition) is 4. The highest BCUT2D eigenvalue weighted by atomic mass is 79.9. The van der Waals surface area contributed by atoms with Gasteiger partial charge in [0.25, 0.3) is 10.0 Å². The van der Waals surface area contributed by atoms with E-state index in [-0.39, 0.29) is 23.8 Å². The first-order chi connectivity index (χ1) is 20.4. The minimum atomic E-state index is -4.14. The molecule has 9 heteroatoms. The largest absolute Gasteiger partial charge is 0.350 e. The first-order valence-electron chi connectivity index (χ1n) is 14.0. The molecule has 4 rings (SSSR count). The highest BCUT2D eigenvalue weighted by Crippen LogP contribution is 2.27. The lowest BCUT2D eigenvalue weighted by Crippen LogP contribution is -2.56. The standard InChI is InChI=1S/C34H36BrN3O4S/c1-34(2,3)36-33(40)31(22-26-14-7-4-8-15-26)37(24-27-16-9-5-10-17-27)32(39)25-38(29-19-13-18-28(35)23-29)43(41,42)30-20-11-6-12-21-30/h4-21,23,31H,22,24-25H2,1-3H3,(H,36,40)/t31-/m1/s1. The summed E-state index contributed by atoms with van der Waals surface area (Å²) in [7, 11) is -4.14. The van der Waals surface area contributed by atoms with E-state index in [0.717, 1.165) is 15.4 Å². The Balaban J connectivity index is 1.80. The van der Waals surface area contributed by atoms with Gasteiger partial charge >= 0.3 is 0 Å². The monoisotopic (exact) mass is 661 g/mol. The molecule has 0 aliphatic carbocycles. The molecule has 224 valence electrons. The molecule has 0 unspecified atom stereocenters. The molecule has 0 aromatic heterocycles. The number of carbonyl (C=O) groups is 2. The van der Waals surface area contributed by atoms with Crippen molar-refractivity contribution in [3.63, 3.8) is 0 Å². The third-order valence-corrected chi connectivity index (χ3v) is 8.95. The van der Waals surface area contributed by atoms with Crippen LogP contribution in [0.15, 0.2) is 125 Å². The molecule has 2 amide bonds. The van der Waals surface area contributed by atoms with Crippen LogP contribution in [0.25, 0.3) is 0 Å². The summed E-state index contributed by atoms with van der Waals surface area (Å²) in [5.41, 5.74) is 1.47. The predicted molar refractivity (Wildman–Crippen MR) is 174 cm³/mol. The number of hydrogen-bond donors (Lipinski definition) is 1. The Morgan fingerprint density at radius 3 is 1.91 bits per heavy atom. The lowest BCUT2D eigenvalue weighted by molar-refractivity contribution is -0.140. The van der Waals surface area contributed by atoms with Gasteiger partial charge in [-0.1, -0.05) is 101 Å². The van der Waals surface area contributed by atoms with Gasteiger partial charge in [-0.25, -0.2) is 8.42 Å². The van der Waals surface area contributed by atoms with Crippen LogP contribution >= 0.6 is 15.9 Å². The average molecular weight is 663 g/mol. The van der Waals surface area contributed by atoms with Crippen molar-refractivity contribution in [1.29, 1.82) is 0 Å². The van der Waals surface area contributed by atoms with Crippen molar-refractivity contribution < 1.29 is 18.0 Å². The zero-order valence-electron chi connectivity index (χ0n) is 24.5. The number of nitrogens with one attached hydrogen (secondary N) is 1. The van der Waals surface area contributed by atoms with E-state index in [0.29, 0.717) is 10.2 Å². The average Bonchev–Trinajstić information content (AvgIpc) is 2.98. The number of nitrogens with zero attached hydrogens (tertiary/aromatic N) is 2. The van der Waals surface area contributed by atoms with Gasteiger partial charge in [-0.2, -0.15) is 0 Å². The number of rotatable bonds is 11. The molecule has 4 aromatic rings. The van der Waals surface area contributed by atoms with E-state index in [2.05, 4.69) is 21.2 Å². The van der Waals surface area contributed by atoms with Crippen molar-refractivity contribution in [2.24, 2.45) is 0 Å². The van der Waals surface area contributed by atoms with Gasteiger partial charge in [-0.15, -0.1) is 0 Å². The summed E-state index contributed by atoms with van der Waals surface area (Å²) in [6.07, 6.45) is 0.254. The van der Waals surface area contributed by atoms with Crippen LogP contribution in [0.2, 0.25) is 0 Å². The lowest BCUT2D eigenvalue weighted by atomic mass is 10.0. The topological polar surface area (TPSA) is 86.8 Å². The van der Waals surface area contributed by atoms with Crippen LogP contribution in [0.1, 0.15) is 31.9 Å². The van der Waals surface area contributed by atoms with E-state index < -0.39 is 34.1 Å². The number of benzene rings is 4. The molecule has 0 aliphatic rings. The van der Waals surface area contributed by atoms with Gasteiger partial charge < -0.3 is 10.2 Å². The smallest absolute Gasteiger partial charge is 0.264 e. The van der Waals surface area contributed by atoms with E-state index >= 15 is 0 Å². The molecule has 0 spiro atoms. The highest BCUT2D eigenvalue weighted by molar-refractivity contribution is 9.10. The van der Waals surface area contributed by atoms with Gasteiger partial charge in [0.15, 0.2) is 0 Å². The first kappa shape index (κ1) is 32.0. The Hall–Kier alpha value is -3.95. The third kappa shape index (κ3) is 8.78. The van der Waals surface area contributed by atoms with Gasteiger partial charge in [-0.3, -0.25) is 13.9 Å². The fraction of sp³-hybridized carbons (Fsp3) is 0.235. The van der Waals surface area contributed by atoms with Crippen molar-refractivity contribution in [2.45, 2.75) is 50.2 Å². The van der Waals surface area contributed by atoms with Crippen LogP contribution in [0.4, 0.5) is 5.69 Å². The number of carbonyl (C=O) groups excluding carboxylic acids is 2. The summed E-state index contributed by atoms with van der Waals surface area (Å²) >= 11 is 3.43. The molecule has 0 saturated heterocycles. The van der Waals surface area contributed by atoms with Gasteiger partial charge in [0, 0.05) is 23.0 Å². The second kappa shape index (κ2) is 14.0. The van der Waals surface area contributed by atoms with Crippen LogP contribution in [-0.2, 0) is 32.6 Å². The molecule has 0 saturated carbocycles. The van der Waals surface area contributed by atoms with Crippen molar-refractivity contribution in [3.05, 3.63) is 131 Å². The molecule has 0 radical (unpaired) electrons. The molecule has 0 fully saturated rings. The number of amides is 2. The molecule has 7 nitrogen and oxygen atoms in total. The zero-order chi connectivity index (χ0) is 31.0. The second-order valence-electron chi connectivity index (χ2n) is 11.3. The van der Waals surface area contributed by atoms with E-state index in [1.165, 1.54) is 17.0 Å². The third-order valence-electron chi connectivity index (χ3n) is 6.67. The Morgan fingerprint density at radius 1 is 0.791 bits per heavy atom. The highest BCUT2D eigenvalue weighted by Gasteiger charge is 2.35. The van der Waals surface area contributed by atoms with Crippen molar-refractivity contribution in [2.75, 3.05) is 10.8 Å². The van der Waals surface area contributed by atoms with Crippen LogP contribution in [0.3, 0.4) is 0 Å². The minimum absolute atomic E-state index is 0.0590. The van der Waals surface area contributed by atoms with E-state index in [1.54, 1.807) is 42.5 Å². The molecule has 1 atom stereocenters. The van der Waals surface area contributed by atoms with Crippen LogP contribution in [0, 0.1) is 0 Å². The van der Waals surface area contributed by atoms with Gasteiger partial charge in [0.2, 0.25) is 11.8 Å². The summed E-state index contributed by atoms with van der Waals surface area (Å²) in [5.74, 6) is -0.825. The molecule has 4 aromatic carbocycles. The number of sulfonamides is 1. The maximum absolute atomic E-state index is 14.4. The molecule has 0 aliphatic heterocycles. The minimum Gasteiger partial charge on any atom is -0.350 e. The van der Waals surface area contributed by atoms with Crippen LogP contribution in [0.5, 0.6) is 0 Å². The first-order valence-corrected chi connectivity index (χ1v) is 16.2. The SMILES string of the molecule is CC(C)(C)NC(=O)[C@@H](Cc1ccccc1)N(Cc1ccccc1)C(=O)CN(c1cccc(Br)c1)S(=O)(=O)c1ccccc1. The quantitative estimate of drug-likeness (QED) is 0.207. The van der Waals surface area contributed by atoms with Crippen molar-refractivity contribution in [1.82, 2.24) is 10.2 Å². The van der Waals surface area contributed by atoms with Gasteiger partial charge in [-0.05, 0) is 62.2 Å². The van der Waals surface area contributed by atoms with Crippen LogP contribution in [-0.4, -0.2) is 43.3 Å². The Kier molecular flexibility index (Phi) is 10.4. The van der Waals surface area contributed by atoms with Crippen molar-refractivity contribution >= 4 is 43.5 Å². The molecular formula is C34H36BrN3O4S. The summed E-state index contributed by atoms with van der Waals surface area (Å²) in [5, 5.41) is 3.04. The normalized spacial score (nSPS) is 12.3. The summed E-state index contributed by atoms with van der Waals surface area (Å²) in [6.45, 7) is 5.26. The van der Waals surface area contributed by atoms with E-state index in [1.807, 2.05) is 81.4 Å². The van der Waals surface area contributed by atoms with E-state index in [4.69, 9.17) is 0 Å². The summed E-state index contributed by atoms with van der Waals surface area (Å²) in [6, 6.07) is 32.8. The number of anilines is 1. The maximum atomic E-state index is 14.4. The molecule has 0 heterocycles. The Morgan fingerprint density at radius 2 is 1.35 bits per heavy atom. The predicted octanol–water partition coefficient (Wildman–Crippen LogP) is 6.20. The Labute approximate surface area is 262 Å². The second-order valence-corrected chi connectivity index (χ2v) is 14.0. The zero-order valence-corrected chi connectivity index (χ0v) is 26.9. The maximum Gasteiger partial charge on any atom is 0.264 e. The molecule has 1 N–H and O–H groups in total. The molecular weight excluding hydrogens is 626 g/mol. The fourth-order valence-electron chi connectivity index (χ4n) is 4.67. The van der Waals surface area contributed by atoms with Crippen molar-refractivity contribution in [3.8, 4) is 0 Å². The number of halogens is 1. The van der Waals surface area contributed by atoms with Gasteiger partial charge in [0.05, 0.1) is 10.6 Å². The van der Waals surface area contributed by atoms with Crippen LogP contribution < -0.4 is 9.62 Å². The Bertz CT molecular complexity index is 1630. The van der Waals surface area contributed by atoms with E-state index in [9.17, 15) is 18.0 Å². The summed E-state index contributed by atoms with van der Waals surface area (Å²) in [4.78, 5) is 29.9. The molecule has 43 heavy (non-hydrogen) atoms.